The Kier molecular flexibility index (Phi) is 4.77. The number of halogens is 1. The number of non-ortho nitro benzene ring substituents is 1. The summed E-state index contributed by atoms with van der Waals surface area (Å²) in [5, 5.41) is 14.1. The second-order valence-corrected chi connectivity index (χ2v) is 6.50. The Morgan fingerprint density at radius 2 is 2.15 bits per heavy atom. The average Bonchev–Trinajstić information content (AvgIpc) is 2.89. The molecule has 0 fully saturated rings. The van der Waals surface area contributed by atoms with Gasteiger partial charge < -0.3 is 5.32 Å². The smallest absolute Gasteiger partial charge is 0.270 e. The van der Waals surface area contributed by atoms with Gasteiger partial charge in [0.05, 0.1) is 11.0 Å². The van der Waals surface area contributed by atoms with Crippen molar-refractivity contribution in [2.45, 2.75) is 26.3 Å². The van der Waals surface area contributed by atoms with Gasteiger partial charge in [-0.2, -0.15) is 0 Å². The summed E-state index contributed by atoms with van der Waals surface area (Å²) in [6, 6.07) is 9.18. The summed E-state index contributed by atoms with van der Waals surface area (Å²) in [6.07, 6.45) is 1.04. The predicted molar refractivity (Wildman–Crippen MR) is 86.5 cm³/mol. The number of rotatable bonds is 5. The second-order valence-electron chi connectivity index (χ2n) is 4.44. The Morgan fingerprint density at radius 1 is 1.40 bits per heavy atom. The highest BCUT2D eigenvalue weighted by Crippen LogP contribution is 2.32. The van der Waals surface area contributed by atoms with Gasteiger partial charge in [-0.3, -0.25) is 10.1 Å². The van der Waals surface area contributed by atoms with E-state index in [1.54, 1.807) is 17.4 Å². The second kappa shape index (κ2) is 6.37. The van der Waals surface area contributed by atoms with E-state index < -0.39 is 4.92 Å². The van der Waals surface area contributed by atoms with Crippen LogP contribution >= 0.6 is 27.3 Å². The van der Waals surface area contributed by atoms with Crippen LogP contribution in [0, 0.1) is 10.1 Å². The standard InChI is InChI=1S/C14H15BrN2O2S/c1-3-11-5-7-14(20-11)9(2)16-13-6-4-10(17(18)19)8-12(13)15/h4-9,16H,3H2,1-2H3. The van der Waals surface area contributed by atoms with Crippen molar-refractivity contribution >= 4 is 38.6 Å². The summed E-state index contributed by atoms with van der Waals surface area (Å²) in [5.74, 6) is 0. The zero-order chi connectivity index (χ0) is 14.7. The molecule has 1 atom stereocenters. The molecule has 1 aromatic carbocycles. The van der Waals surface area contributed by atoms with Crippen LogP contribution < -0.4 is 5.32 Å². The Balaban J connectivity index is 2.15. The molecule has 0 aliphatic rings. The predicted octanol–water partition coefficient (Wildman–Crippen LogP) is 5.15. The minimum Gasteiger partial charge on any atom is -0.377 e. The molecule has 0 aliphatic carbocycles. The molecule has 0 radical (unpaired) electrons. The molecule has 0 saturated heterocycles. The van der Waals surface area contributed by atoms with Gasteiger partial charge in [0.15, 0.2) is 0 Å². The van der Waals surface area contributed by atoms with E-state index in [-0.39, 0.29) is 11.7 Å². The molecule has 6 heteroatoms. The fourth-order valence-corrected chi connectivity index (χ4v) is 3.29. The normalized spacial score (nSPS) is 12.2. The van der Waals surface area contributed by atoms with E-state index in [4.69, 9.17) is 0 Å². The van der Waals surface area contributed by atoms with Crippen molar-refractivity contribution in [1.82, 2.24) is 0 Å². The maximum Gasteiger partial charge on any atom is 0.270 e. The van der Waals surface area contributed by atoms with Crippen molar-refractivity contribution in [2.75, 3.05) is 5.32 Å². The number of nitro groups is 1. The Morgan fingerprint density at radius 3 is 2.70 bits per heavy atom. The van der Waals surface area contributed by atoms with E-state index in [2.05, 4.69) is 47.2 Å². The SMILES string of the molecule is CCc1ccc(C(C)Nc2ccc([N+](=O)[O-])cc2Br)s1. The minimum absolute atomic E-state index is 0.0828. The number of benzene rings is 1. The molecule has 2 rings (SSSR count). The summed E-state index contributed by atoms with van der Waals surface area (Å²) in [6.45, 7) is 4.22. The van der Waals surface area contributed by atoms with Crippen LogP contribution in [0.25, 0.3) is 0 Å². The monoisotopic (exact) mass is 354 g/mol. The maximum atomic E-state index is 10.7. The summed E-state index contributed by atoms with van der Waals surface area (Å²) in [5.41, 5.74) is 0.939. The molecule has 20 heavy (non-hydrogen) atoms. The van der Waals surface area contributed by atoms with Gasteiger partial charge in [-0.15, -0.1) is 11.3 Å². The van der Waals surface area contributed by atoms with Gasteiger partial charge in [-0.1, -0.05) is 6.92 Å². The van der Waals surface area contributed by atoms with E-state index >= 15 is 0 Å². The van der Waals surface area contributed by atoms with Crippen molar-refractivity contribution in [3.05, 3.63) is 54.7 Å². The first-order chi connectivity index (χ1) is 9.51. The summed E-state index contributed by atoms with van der Waals surface area (Å²) in [4.78, 5) is 12.9. The highest BCUT2D eigenvalue weighted by atomic mass is 79.9. The van der Waals surface area contributed by atoms with Gasteiger partial charge in [0.2, 0.25) is 0 Å². The zero-order valence-corrected chi connectivity index (χ0v) is 13.6. The third-order valence-electron chi connectivity index (χ3n) is 2.99. The van der Waals surface area contributed by atoms with E-state index in [1.165, 1.54) is 21.9 Å². The highest BCUT2D eigenvalue weighted by Gasteiger charge is 2.13. The van der Waals surface area contributed by atoms with Gasteiger partial charge in [-0.25, -0.2) is 0 Å². The highest BCUT2D eigenvalue weighted by molar-refractivity contribution is 9.10. The largest absolute Gasteiger partial charge is 0.377 e. The molecule has 4 nitrogen and oxygen atoms in total. The third-order valence-corrected chi connectivity index (χ3v) is 5.06. The van der Waals surface area contributed by atoms with Crippen LogP contribution in [0.1, 0.15) is 29.6 Å². The van der Waals surface area contributed by atoms with Gasteiger partial charge in [0.1, 0.15) is 0 Å². The lowest BCUT2D eigenvalue weighted by Crippen LogP contribution is -2.05. The summed E-state index contributed by atoms with van der Waals surface area (Å²) >= 11 is 5.16. The van der Waals surface area contributed by atoms with Gasteiger partial charge in [0, 0.05) is 32.0 Å². The number of nitrogens with one attached hydrogen (secondary N) is 1. The Labute approximate surface area is 130 Å². The number of nitro benzene ring substituents is 1. The number of hydrogen-bond donors (Lipinski definition) is 1. The molecule has 0 aliphatic heterocycles. The number of nitrogens with zero attached hydrogens (tertiary/aromatic N) is 1. The van der Waals surface area contributed by atoms with Crippen molar-refractivity contribution in [2.24, 2.45) is 0 Å². The van der Waals surface area contributed by atoms with Gasteiger partial charge >= 0.3 is 0 Å². The Hall–Kier alpha value is -1.40. The van der Waals surface area contributed by atoms with E-state index in [9.17, 15) is 10.1 Å². The number of hydrogen-bond acceptors (Lipinski definition) is 4. The average molecular weight is 355 g/mol. The fourth-order valence-electron chi connectivity index (χ4n) is 1.86. The maximum absolute atomic E-state index is 10.7. The zero-order valence-electron chi connectivity index (χ0n) is 11.2. The first kappa shape index (κ1) is 15.0. The van der Waals surface area contributed by atoms with Crippen molar-refractivity contribution in [1.29, 1.82) is 0 Å². The molecule has 1 heterocycles. The third kappa shape index (κ3) is 3.37. The van der Waals surface area contributed by atoms with Crippen LogP contribution in [0.3, 0.4) is 0 Å². The first-order valence-electron chi connectivity index (χ1n) is 6.30. The molecular formula is C14H15BrN2O2S. The van der Waals surface area contributed by atoms with Gasteiger partial charge in [-0.05, 0) is 47.5 Å². The lowest BCUT2D eigenvalue weighted by atomic mass is 10.2. The molecule has 0 bridgehead atoms. The topological polar surface area (TPSA) is 55.2 Å². The first-order valence-corrected chi connectivity index (χ1v) is 7.91. The van der Waals surface area contributed by atoms with Crippen molar-refractivity contribution in [3.8, 4) is 0 Å². The Bertz CT molecular complexity index is 627. The van der Waals surface area contributed by atoms with E-state index in [1.807, 2.05) is 0 Å². The molecule has 0 spiro atoms. The van der Waals surface area contributed by atoms with Crippen LogP contribution in [0.15, 0.2) is 34.8 Å². The molecular weight excluding hydrogens is 340 g/mol. The summed E-state index contributed by atoms with van der Waals surface area (Å²) < 4.78 is 0.700. The molecule has 1 N–H and O–H groups in total. The number of anilines is 1. The van der Waals surface area contributed by atoms with Crippen LogP contribution in [0.4, 0.5) is 11.4 Å². The molecule has 2 aromatic rings. The van der Waals surface area contributed by atoms with Crippen LogP contribution in [-0.4, -0.2) is 4.92 Å². The van der Waals surface area contributed by atoms with Crippen LogP contribution in [0.5, 0.6) is 0 Å². The molecule has 1 aromatic heterocycles. The molecule has 0 saturated carbocycles. The molecule has 0 amide bonds. The number of aryl methyl sites for hydroxylation is 1. The molecule has 1 unspecified atom stereocenters. The quantitative estimate of drug-likeness (QED) is 0.596. The van der Waals surface area contributed by atoms with Crippen LogP contribution in [-0.2, 0) is 6.42 Å². The van der Waals surface area contributed by atoms with E-state index in [0.29, 0.717) is 4.47 Å². The lowest BCUT2D eigenvalue weighted by Gasteiger charge is -2.15. The molecule has 106 valence electrons. The summed E-state index contributed by atoms with van der Waals surface area (Å²) in [7, 11) is 0. The lowest BCUT2D eigenvalue weighted by molar-refractivity contribution is -0.384. The minimum atomic E-state index is -0.398. The van der Waals surface area contributed by atoms with Crippen LogP contribution in [0.2, 0.25) is 0 Å². The van der Waals surface area contributed by atoms with Crippen molar-refractivity contribution in [3.63, 3.8) is 0 Å². The van der Waals surface area contributed by atoms with Gasteiger partial charge in [0.25, 0.3) is 5.69 Å². The van der Waals surface area contributed by atoms with Crippen molar-refractivity contribution < 1.29 is 4.92 Å². The fraction of sp³-hybridized carbons (Fsp3) is 0.286. The number of thiophene rings is 1. The van der Waals surface area contributed by atoms with E-state index in [0.717, 1.165) is 12.1 Å².